The molecule has 0 aliphatic carbocycles. The van der Waals surface area contributed by atoms with E-state index in [0.29, 0.717) is 12.1 Å². The summed E-state index contributed by atoms with van der Waals surface area (Å²) in [6.07, 6.45) is 1.75. The standard InChI is InChI=1S/C14H18F3N/c1-10(8-15)9-18-6-2-3-14(18)12-7-11(16)4-5-13(12)17/h4-5,7,10,14H,2-3,6,8-9H2,1H3/t10?,14-/m1/s1. The van der Waals surface area contributed by atoms with Crippen molar-refractivity contribution in [1.82, 2.24) is 4.90 Å². The van der Waals surface area contributed by atoms with Crippen LogP contribution >= 0.6 is 0 Å². The molecule has 1 aromatic carbocycles. The zero-order valence-corrected chi connectivity index (χ0v) is 10.5. The summed E-state index contributed by atoms with van der Waals surface area (Å²) in [6, 6.07) is 3.44. The molecule has 4 heteroatoms. The minimum atomic E-state index is -0.420. The fraction of sp³-hybridized carbons (Fsp3) is 0.571. The highest BCUT2D eigenvalue weighted by Gasteiger charge is 2.29. The van der Waals surface area contributed by atoms with Crippen molar-refractivity contribution < 1.29 is 13.2 Å². The van der Waals surface area contributed by atoms with Crippen molar-refractivity contribution in [2.24, 2.45) is 5.92 Å². The third kappa shape index (κ3) is 2.86. The molecular weight excluding hydrogens is 239 g/mol. The monoisotopic (exact) mass is 257 g/mol. The lowest BCUT2D eigenvalue weighted by Gasteiger charge is -2.27. The fourth-order valence-corrected chi connectivity index (χ4v) is 2.62. The van der Waals surface area contributed by atoms with Crippen LogP contribution in [0, 0.1) is 17.6 Å². The Morgan fingerprint density at radius 1 is 1.39 bits per heavy atom. The second kappa shape index (κ2) is 5.74. The Bertz CT molecular complexity index is 408. The Morgan fingerprint density at radius 2 is 2.17 bits per heavy atom. The Morgan fingerprint density at radius 3 is 2.89 bits per heavy atom. The van der Waals surface area contributed by atoms with E-state index in [9.17, 15) is 13.2 Å². The quantitative estimate of drug-likeness (QED) is 0.794. The highest BCUT2D eigenvalue weighted by atomic mass is 19.1. The predicted molar refractivity (Wildman–Crippen MR) is 65.0 cm³/mol. The highest BCUT2D eigenvalue weighted by Crippen LogP contribution is 2.34. The largest absolute Gasteiger partial charge is 0.296 e. The maximum atomic E-state index is 13.7. The molecule has 1 unspecified atom stereocenters. The molecule has 2 rings (SSSR count). The number of nitrogens with zero attached hydrogens (tertiary/aromatic N) is 1. The summed E-state index contributed by atoms with van der Waals surface area (Å²) in [5.74, 6) is -0.861. The first-order valence-electron chi connectivity index (χ1n) is 6.36. The summed E-state index contributed by atoms with van der Waals surface area (Å²) in [4.78, 5) is 2.06. The van der Waals surface area contributed by atoms with E-state index in [1.807, 2.05) is 6.92 Å². The van der Waals surface area contributed by atoms with Crippen molar-refractivity contribution in [3.63, 3.8) is 0 Å². The molecule has 1 nitrogen and oxygen atoms in total. The van der Waals surface area contributed by atoms with Gasteiger partial charge in [0.15, 0.2) is 0 Å². The molecule has 0 amide bonds. The lowest BCUT2D eigenvalue weighted by atomic mass is 10.0. The van der Waals surface area contributed by atoms with E-state index in [1.165, 1.54) is 12.1 Å². The van der Waals surface area contributed by atoms with Crippen molar-refractivity contribution >= 4 is 0 Å². The van der Waals surface area contributed by atoms with Crippen LogP contribution in [0.1, 0.15) is 31.4 Å². The van der Waals surface area contributed by atoms with Gasteiger partial charge in [-0.05, 0) is 43.5 Å². The van der Waals surface area contributed by atoms with Crippen molar-refractivity contribution in [2.75, 3.05) is 19.8 Å². The first-order chi connectivity index (χ1) is 8.61. The van der Waals surface area contributed by atoms with Gasteiger partial charge in [0.2, 0.25) is 0 Å². The van der Waals surface area contributed by atoms with Gasteiger partial charge in [-0.2, -0.15) is 0 Å². The summed E-state index contributed by atoms with van der Waals surface area (Å²) in [5.41, 5.74) is 0.401. The average Bonchev–Trinajstić information content (AvgIpc) is 2.80. The molecule has 1 saturated heterocycles. The molecule has 1 aliphatic heterocycles. The van der Waals surface area contributed by atoms with Crippen LogP contribution in [0.25, 0.3) is 0 Å². The smallest absolute Gasteiger partial charge is 0.128 e. The van der Waals surface area contributed by atoms with Gasteiger partial charge in [0.25, 0.3) is 0 Å². The molecule has 0 radical (unpaired) electrons. The molecule has 1 heterocycles. The van der Waals surface area contributed by atoms with Gasteiger partial charge < -0.3 is 0 Å². The van der Waals surface area contributed by atoms with E-state index < -0.39 is 5.82 Å². The minimum Gasteiger partial charge on any atom is -0.296 e. The van der Waals surface area contributed by atoms with Crippen LogP contribution in [-0.2, 0) is 0 Å². The first-order valence-corrected chi connectivity index (χ1v) is 6.36. The van der Waals surface area contributed by atoms with Crippen molar-refractivity contribution in [3.8, 4) is 0 Å². The van der Waals surface area contributed by atoms with Crippen LogP contribution in [0.3, 0.4) is 0 Å². The Kier molecular flexibility index (Phi) is 4.27. The minimum absolute atomic E-state index is 0.0674. The number of hydrogen-bond acceptors (Lipinski definition) is 1. The normalized spacial score (nSPS) is 22.3. The Balaban J connectivity index is 2.17. The van der Waals surface area contributed by atoms with Crippen LogP contribution in [-0.4, -0.2) is 24.7 Å². The molecule has 18 heavy (non-hydrogen) atoms. The first kappa shape index (κ1) is 13.4. The molecule has 1 fully saturated rings. The van der Waals surface area contributed by atoms with E-state index >= 15 is 0 Å². The van der Waals surface area contributed by atoms with Crippen LogP contribution in [0.4, 0.5) is 13.2 Å². The van der Waals surface area contributed by atoms with E-state index in [1.54, 1.807) is 0 Å². The van der Waals surface area contributed by atoms with Gasteiger partial charge in [0.1, 0.15) is 11.6 Å². The zero-order valence-electron chi connectivity index (χ0n) is 10.5. The van der Waals surface area contributed by atoms with Crippen LogP contribution in [0.5, 0.6) is 0 Å². The molecule has 0 bridgehead atoms. The Labute approximate surface area is 106 Å². The Hall–Kier alpha value is -1.03. The molecule has 1 aromatic rings. The number of hydrogen-bond donors (Lipinski definition) is 0. The molecule has 100 valence electrons. The van der Waals surface area contributed by atoms with Gasteiger partial charge in [0, 0.05) is 18.2 Å². The SMILES string of the molecule is CC(CF)CN1CCC[C@@H]1c1cc(F)ccc1F. The van der Waals surface area contributed by atoms with Crippen molar-refractivity contribution in [2.45, 2.75) is 25.8 Å². The van der Waals surface area contributed by atoms with Gasteiger partial charge in [-0.1, -0.05) is 6.92 Å². The van der Waals surface area contributed by atoms with E-state index in [4.69, 9.17) is 0 Å². The fourth-order valence-electron chi connectivity index (χ4n) is 2.62. The lowest BCUT2D eigenvalue weighted by molar-refractivity contribution is 0.200. The molecule has 0 aromatic heterocycles. The third-order valence-electron chi connectivity index (χ3n) is 3.49. The predicted octanol–water partition coefficient (Wildman–Crippen LogP) is 3.71. The van der Waals surface area contributed by atoms with Gasteiger partial charge in [-0.15, -0.1) is 0 Å². The summed E-state index contributed by atoms with van der Waals surface area (Å²) in [7, 11) is 0. The van der Waals surface area contributed by atoms with Gasteiger partial charge in [0.05, 0.1) is 6.67 Å². The molecule has 0 saturated carbocycles. The third-order valence-corrected chi connectivity index (χ3v) is 3.49. The second-order valence-electron chi connectivity index (χ2n) is 5.08. The van der Waals surface area contributed by atoms with E-state index in [-0.39, 0.29) is 24.5 Å². The number of alkyl halides is 1. The maximum Gasteiger partial charge on any atom is 0.128 e. The number of rotatable bonds is 4. The van der Waals surface area contributed by atoms with E-state index in [0.717, 1.165) is 25.5 Å². The summed E-state index contributed by atoms with van der Waals surface area (Å²) in [5, 5.41) is 0. The number of halogens is 3. The van der Waals surface area contributed by atoms with Gasteiger partial charge >= 0.3 is 0 Å². The van der Waals surface area contributed by atoms with Crippen LogP contribution in [0.2, 0.25) is 0 Å². The highest BCUT2D eigenvalue weighted by molar-refractivity contribution is 5.23. The van der Waals surface area contributed by atoms with Crippen LogP contribution < -0.4 is 0 Å². The van der Waals surface area contributed by atoms with Crippen molar-refractivity contribution in [3.05, 3.63) is 35.4 Å². The lowest BCUT2D eigenvalue weighted by Crippen LogP contribution is -2.29. The van der Waals surface area contributed by atoms with Gasteiger partial charge in [-0.25, -0.2) is 8.78 Å². The average molecular weight is 257 g/mol. The second-order valence-corrected chi connectivity index (χ2v) is 5.08. The van der Waals surface area contributed by atoms with Crippen molar-refractivity contribution in [1.29, 1.82) is 0 Å². The molecule has 2 atom stereocenters. The summed E-state index contributed by atoms with van der Waals surface area (Å²) in [6.45, 7) is 2.87. The summed E-state index contributed by atoms with van der Waals surface area (Å²) >= 11 is 0. The molecule has 0 N–H and O–H groups in total. The van der Waals surface area contributed by atoms with Crippen LogP contribution in [0.15, 0.2) is 18.2 Å². The topological polar surface area (TPSA) is 3.24 Å². The zero-order chi connectivity index (χ0) is 13.1. The molecule has 1 aliphatic rings. The molecular formula is C14H18F3N. The molecule has 0 spiro atoms. The van der Waals surface area contributed by atoms with E-state index in [2.05, 4.69) is 4.90 Å². The maximum absolute atomic E-state index is 13.7. The summed E-state index contributed by atoms with van der Waals surface area (Å²) < 4.78 is 39.5. The number of likely N-dealkylation sites (tertiary alicyclic amines) is 1. The number of benzene rings is 1. The van der Waals surface area contributed by atoms with Gasteiger partial charge in [-0.3, -0.25) is 9.29 Å².